The van der Waals surface area contributed by atoms with Crippen molar-refractivity contribution < 1.29 is 14.4 Å². The van der Waals surface area contributed by atoms with E-state index in [-0.39, 0.29) is 30.1 Å². The maximum atomic E-state index is 12.0. The highest BCUT2D eigenvalue weighted by Crippen LogP contribution is 2.13. The Bertz CT molecular complexity index is 537. The third-order valence-electron chi connectivity index (χ3n) is 3.80. The summed E-state index contributed by atoms with van der Waals surface area (Å²) < 4.78 is 0. The van der Waals surface area contributed by atoms with Crippen LogP contribution in [0.15, 0.2) is 24.5 Å². The summed E-state index contributed by atoms with van der Waals surface area (Å²) in [6, 6.07) is 3.53. The molecule has 0 atom stereocenters. The van der Waals surface area contributed by atoms with Crippen LogP contribution in [0.25, 0.3) is 0 Å². The van der Waals surface area contributed by atoms with Crippen LogP contribution in [-0.4, -0.2) is 46.6 Å². The molecule has 6 nitrogen and oxygen atoms in total. The van der Waals surface area contributed by atoms with Crippen molar-refractivity contribution in [2.24, 2.45) is 0 Å². The Labute approximate surface area is 129 Å². The number of pyridine rings is 1. The van der Waals surface area contributed by atoms with Gasteiger partial charge in [0.1, 0.15) is 5.78 Å². The van der Waals surface area contributed by atoms with Gasteiger partial charge in [0.25, 0.3) is 5.91 Å². The van der Waals surface area contributed by atoms with Gasteiger partial charge in [-0.15, -0.1) is 0 Å². The largest absolute Gasteiger partial charge is 0.349 e. The molecule has 0 spiro atoms. The van der Waals surface area contributed by atoms with Crippen LogP contribution in [0.5, 0.6) is 0 Å². The van der Waals surface area contributed by atoms with E-state index < -0.39 is 0 Å². The fourth-order valence-electron chi connectivity index (χ4n) is 2.48. The Kier molecular flexibility index (Phi) is 5.63. The van der Waals surface area contributed by atoms with Gasteiger partial charge in [-0.3, -0.25) is 14.6 Å². The minimum atomic E-state index is -0.130. The van der Waals surface area contributed by atoms with Crippen LogP contribution < -0.4 is 5.32 Å². The average Bonchev–Trinajstić information content (AvgIpc) is 2.54. The van der Waals surface area contributed by atoms with Crippen molar-refractivity contribution in [1.29, 1.82) is 0 Å². The fourth-order valence-corrected chi connectivity index (χ4v) is 2.48. The standard InChI is InChI=1S/C16H21N3O3/c1-12(20)4-5-15(21)19-9-6-14(7-10-19)18-16(22)13-3-2-8-17-11-13/h2-3,8,11,14H,4-7,9-10H2,1H3,(H,18,22). The van der Waals surface area contributed by atoms with Gasteiger partial charge in [-0.25, -0.2) is 0 Å². The fraction of sp³-hybridized carbons (Fsp3) is 0.500. The normalized spacial score (nSPS) is 15.4. The van der Waals surface area contributed by atoms with E-state index in [9.17, 15) is 14.4 Å². The lowest BCUT2D eigenvalue weighted by molar-refractivity contribution is -0.133. The molecule has 2 amide bonds. The van der Waals surface area contributed by atoms with Gasteiger partial charge in [0, 0.05) is 44.4 Å². The van der Waals surface area contributed by atoms with Crippen LogP contribution in [-0.2, 0) is 9.59 Å². The maximum absolute atomic E-state index is 12.0. The van der Waals surface area contributed by atoms with Crippen LogP contribution in [0.1, 0.15) is 43.0 Å². The number of aromatic nitrogens is 1. The molecule has 0 aromatic carbocycles. The first kappa shape index (κ1) is 16.1. The van der Waals surface area contributed by atoms with Crippen LogP contribution in [0.4, 0.5) is 0 Å². The van der Waals surface area contributed by atoms with E-state index in [1.807, 2.05) is 0 Å². The van der Waals surface area contributed by atoms with E-state index in [1.54, 1.807) is 23.2 Å². The van der Waals surface area contributed by atoms with Gasteiger partial charge in [0.15, 0.2) is 0 Å². The molecule has 6 heteroatoms. The Hall–Kier alpha value is -2.24. The van der Waals surface area contributed by atoms with Crippen LogP contribution in [0.3, 0.4) is 0 Å². The lowest BCUT2D eigenvalue weighted by Gasteiger charge is -2.32. The molecule has 1 saturated heterocycles. The number of likely N-dealkylation sites (tertiary alicyclic amines) is 1. The lowest BCUT2D eigenvalue weighted by Crippen LogP contribution is -2.46. The predicted molar refractivity (Wildman–Crippen MR) is 81.2 cm³/mol. The second-order valence-corrected chi connectivity index (χ2v) is 5.57. The number of Topliss-reactive ketones (excluding diaryl/α,β-unsaturated/α-hetero) is 1. The van der Waals surface area contributed by atoms with Crippen LogP contribution >= 0.6 is 0 Å². The zero-order valence-corrected chi connectivity index (χ0v) is 12.7. The molecular formula is C16H21N3O3. The van der Waals surface area contributed by atoms with E-state index >= 15 is 0 Å². The Balaban J connectivity index is 1.76. The number of carbonyl (C=O) groups excluding carboxylic acids is 3. The van der Waals surface area contributed by atoms with Crippen molar-refractivity contribution in [2.75, 3.05) is 13.1 Å². The summed E-state index contributed by atoms with van der Waals surface area (Å²) in [5.74, 6) is -0.0753. The van der Waals surface area contributed by atoms with E-state index in [2.05, 4.69) is 10.3 Å². The quantitative estimate of drug-likeness (QED) is 0.885. The monoisotopic (exact) mass is 303 g/mol. The molecule has 1 aromatic heterocycles. The van der Waals surface area contributed by atoms with Crippen LogP contribution in [0, 0.1) is 0 Å². The van der Waals surface area contributed by atoms with Crippen molar-refractivity contribution >= 4 is 17.6 Å². The van der Waals surface area contributed by atoms with E-state index in [0.717, 1.165) is 12.8 Å². The molecule has 2 rings (SSSR count). The van der Waals surface area contributed by atoms with Gasteiger partial charge in [-0.1, -0.05) is 0 Å². The smallest absolute Gasteiger partial charge is 0.253 e. The second-order valence-electron chi connectivity index (χ2n) is 5.57. The molecular weight excluding hydrogens is 282 g/mol. The molecule has 1 aliphatic rings. The number of piperidine rings is 1. The summed E-state index contributed by atoms with van der Waals surface area (Å²) in [5, 5.41) is 2.97. The maximum Gasteiger partial charge on any atom is 0.253 e. The summed E-state index contributed by atoms with van der Waals surface area (Å²) in [6.07, 6.45) is 5.21. The SMILES string of the molecule is CC(=O)CCC(=O)N1CCC(NC(=O)c2cccnc2)CC1. The van der Waals surface area contributed by atoms with Crippen molar-refractivity contribution in [3.63, 3.8) is 0 Å². The molecule has 22 heavy (non-hydrogen) atoms. The van der Waals surface area contributed by atoms with Crippen molar-refractivity contribution in [1.82, 2.24) is 15.2 Å². The number of hydrogen-bond donors (Lipinski definition) is 1. The molecule has 0 saturated carbocycles. The van der Waals surface area contributed by atoms with Gasteiger partial charge in [0.2, 0.25) is 5.91 Å². The highest BCUT2D eigenvalue weighted by Gasteiger charge is 2.24. The zero-order valence-electron chi connectivity index (χ0n) is 12.7. The molecule has 1 fully saturated rings. The number of hydrogen-bond acceptors (Lipinski definition) is 4. The summed E-state index contributed by atoms with van der Waals surface area (Å²) in [7, 11) is 0. The predicted octanol–water partition coefficient (Wildman–Crippen LogP) is 1.17. The van der Waals surface area contributed by atoms with Gasteiger partial charge in [-0.05, 0) is 31.9 Å². The minimum Gasteiger partial charge on any atom is -0.349 e. The molecule has 0 unspecified atom stereocenters. The number of carbonyl (C=O) groups is 3. The van der Waals surface area contributed by atoms with Crippen molar-refractivity contribution in [3.05, 3.63) is 30.1 Å². The Morgan fingerprint density at radius 1 is 1.27 bits per heavy atom. The number of nitrogens with one attached hydrogen (secondary N) is 1. The minimum absolute atomic E-state index is 0.0206. The molecule has 0 radical (unpaired) electrons. The average molecular weight is 303 g/mol. The van der Waals surface area contributed by atoms with Crippen molar-refractivity contribution in [3.8, 4) is 0 Å². The molecule has 1 aliphatic heterocycles. The lowest BCUT2D eigenvalue weighted by atomic mass is 10.0. The summed E-state index contributed by atoms with van der Waals surface area (Å²) >= 11 is 0. The summed E-state index contributed by atoms with van der Waals surface area (Å²) in [4.78, 5) is 40.6. The van der Waals surface area contributed by atoms with Gasteiger partial charge >= 0.3 is 0 Å². The van der Waals surface area contributed by atoms with E-state index in [1.165, 1.54) is 13.1 Å². The number of nitrogens with zero attached hydrogens (tertiary/aromatic N) is 2. The van der Waals surface area contributed by atoms with E-state index in [0.29, 0.717) is 25.1 Å². The number of rotatable bonds is 5. The third-order valence-corrected chi connectivity index (χ3v) is 3.80. The van der Waals surface area contributed by atoms with Gasteiger partial charge in [-0.2, -0.15) is 0 Å². The molecule has 0 bridgehead atoms. The number of ketones is 1. The first-order valence-corrected chi connectivity index (χ1v) is 7.54. The molecule has 0 aliphatic carbocycles. The Morgan fingerprint density at radius 2 is 2.00 bits per heavy atom. The highest BCUT2D eigenvalue weighted by molar-refractivity contribution is 5.94. The second kappa shape index (κ2) is 7.68. The van der Waals surface area contributed by atoms with Gasteiger partial charge < -0.3 is 15.0 Å². The van der Waals surface area contributed by atoms with Crippen LogP contribution in [0.2, 0.25) is 0 Å². The third kappa shape index (κ3) is 4.65. The topological polar surface area (TPSA) is 79.4 Å². The summed E-state index contributed by atoms with van der Waals surface area (Å²) in [5.41, 5.74) is 0.544. The Morgan fingerprint density at radius 3 is 2.59 bits per heavy atom. The molecule has 1 aromatic rings. The van der Waals surface area contributed by atoms with Gasteiger partial charge in [0.05, 0.1) is 5.56 Å². The molecule has 1 N–H and O–H groups in total. The molecule has 118 valence electrons. The van der Waals surface area contributed by atoms with Crippen molar-refractivity contribution in [2.45, 2.75) is 38.6 Å². The zero-order chi connectivity index (χ0) is 15.9. The first-order chi connectivity index (χ1) is 10.6. The number of amides is 2. The summed E-state index contributed by atoms with van der Waals surface area (Å²) in [6.45, 7) is 2.73. The van der Waals surface area contributed by atoms with E-state index in [4.69, 9.17) is 0 Å². The molecule has 2 heterocycles. The highest BCUT2D eigenvalue weighted by atomic mass is 16.2. The first-order valence-electron chi connectivity index (χ1n) is 7.54.